The SMILES string of the molecule is C=CC(=O)O.CC[C](C)([K])CCCS(=O)(=O)O. The van der Waals surface area contributed by atoms with Gasteiger partial charge in [-0.3, -0.25) is 0 Å². The molecule has 0 saturated carbocycles. The van der Waals surface area contributed by atoms with Gasteiger partial charge >= 0.3 is 116 Å². The van der Waals surface area contributed by atoms with Crippen LogP contribution in [0.2, 0.25) is -0.490 Å². The number of rotatable bonds is 6. The Kier molecular flexibility index (Phi) is 11.4. The van der Waals surface area contributed by atoms with E-state index in [-0.39, 0.29) is 5.75 Å². The molecule has 0 aromatic rings. The van der Waals surface area contributed by atoms with Crippen LogP contribution in [0, 0.1) is 0 Å². The molecule has 0 heterocycles. The summed E-state index contributed by atoms with van der Waals surface area (Å²) in [5.74, 6) is -1.07. The summed E-state index contributed by atoms with van der Waals surface area (Å²) in [6, 6.07) is 0. The Morgan fingerprint density at radius 1 is 1.53 bits per heavy atom. The molecule has 0 fully saturated rings. The van der Waals surface area contributed by atoms with Crippen molar-refractivity contribution in [2.75, 3.05) is 5.75 Å². The molecule has 0 rings (SSSR count). The van der Waals surface area contributed by atoms with Crippen molar-refractivity contribution in [1.82, 2.24) is 0 Å². The average molecular weight is 290 g/mol. The van der Waals surface area contributed by atoms with Crippen molar-refractivity contribution in [2.45, 2.75) is 32.6 Å². The second kappa shape index (κ2) is 9.66. The Bertz CT molecular complexity index is 335. The molecule has 5 nitrogen and oxygen atoms in total. The van der Waals surface area contributed by atoms with E-state index in [1.54, 1.807) is 0 Å². The van der Waals surface area contributed by atoms with Gasteiger partial charge in [-0.1, -0.05) is 6.58 Å². The first-order valence-electron chi connectivity index (χ1n) is 5.34. The van der Waals surface area contributed by atoms with Crippen LogP contribution in [-0.2, 0) is 14.9 Å². The van der Waals surface area contributed by atoms with Gasteiger partial charge < -0.3 is 5.11 Å². The number of carboxylic acid groups (broad SMARTS) is 1. The van der Waals surface area contributed by atoms with Crippen molar-refractivity contribution in [3.8, 4) is 0 Å². The summed E-state index contributed by atoms with van der Waals surface area (Å²) >= 11 is 0.716. The van der Waals surface area contributed by atoms with Crippen LogP contribution in [0.25, 0.3) is 0 Å². The van der Waals surface area contributed by atoms with E-state index >= 15 is 0 Å². The van der Waals surface area contributed by atoms with Gasteiger partial charge in [-0.05, 0) is 0 Å². The van der Waals surface area contributed by atoms with Gasteiger partial charge in [0, 0.05) is 6.08 Å². The molecule has 0 saturated heterocycles. The van der Waals surface area contributed by atoms with Crippen LogP contribution < -0.4 is 0 Å². The van der Waals surface area contributed by atoms with E-state index in [0.717, 1.165) is 18.9 Å². The molecule has 0 aliphatic rings. The normalized spacial score (nSPS) is 14.2. The zero-order chi connectivity index (χ0) is 14.1. The summed E-state index contributed by atoms with van der Waals surface area (Å²) in [5, 5.41) is 7.60. The first-order chi connectivity index (χ1) is 7.54. The summed E-state index contributed by atoms with van der Waals surface area (Å²) in [6.07, 6.45) is 3.45. The second-order valence-corrected chi connectivity index (χ2v) is 9.79. The molecule has 96 valence electrons. The summed E-state index contributed by atoms with van der Waals surface area (Å²) < 4.78 is 29.6. The van der Waals surface area contributed by atoms with Gasteiger partial charge in [-0.15, -0.1) is 0 Å². The van der Waals surface area contributed by atoms with Crippen LogP contribution in [0.3, 0.4) is 0 Å². The van der Waals surface area contributed by atoms with Crippen LogP contribution in [-0.4, -0.2) is 78.8 Å². The molecule has 0 amide bonds. The molecule has 0 aliphatic heterocycles. The number of aliphatic carboxylic acids is 1. The quantitative estimate of drug-likeness (QED) is 0.441. The Hall–Kier alpha value is 0.756. The van der Waals surface area contributed by atoms with E-state index < -0.39 is 16.1 Å². The van der Waals surface area contributed by atoms with Crippen LogP contribution in [0.15, 0.2) is 12.7 Å². The van der Waals surface area contributed by atoms with Crippen molar-refractivity contribution in [3.05, 3.63) is 12.7 Å². The molecule has 0 radical (unpaired) electrons. The maximum atomic E-state index is 10.4. The predicted octanol–water partition coefficient (Wildman–Crippen LogP) is 1.67. The standard InChI is InChI=1S/C7H15O3S.C3H4O2.K/c1-3-7(2)5-4-6-11(8,9)10;1-2-3(4)5;/h3-6H2,1-2H3,(H,8,9,10);2H,1H2,(H,4,5);. The fraction of sp³-hybridized carbons (Fsp3) is 0.700. The van der Waals surface area contributed by atoms with Crippen molar-refractivity contribution in [3.63, 3.8) is 0 Å². The Morgan fingerprint density at radius 3 is 2.18 bits per heavy atom. The van der Waals surface area contributed by atoms with E-state index in [9.17, 15) is 13.2 Å². The third kappa shape index (κ3) is 19.3. The van der Waals surface area contributed by atoms with Crippen LogP contribution in [0.1, 0.15) is 33.1 Å². The fourth-order valence-electron chi connectivity index (χ4n) is 0.910. The van der Waals surface area contributed by atoms with Gasteiger partial charge in [0.15, 0.2) is 0 Å². The van der Waals surface area contributed by atoms with Gasteiger partial charge in [0.2, 0.25) is 0 Å². The van der Waals surface area contributed by atoms with Gasteiger partial charge in [-0.2, -0.15) is 0 Å². The van der Waals surface area contributed by atoms with Crippen molar-refractivity contribution >= 4 is 65.0 Å². The molecule has 1 unspecified atom stereocenters. The van der Waals surface area contributed by atoms with E-state index in [2.05, 4.69) is 20.4 Å². The van der Waals surface area contributed by atoms with Gasteiger partial charge in [0.1, 0.15) is 0 Å². The number of hydrogen-bond donors (Lipinski definition) is 2. The van der Waals surface area contributed by atoms with Crippen LogP contribution in [0.4, 0.5) is 0 Å². The van der Waals surface area contributed by atoms with Crippen LogP contribution >= 0.6 is 0 Å². The van der Waals surface area contributed by atoms with Gasteiger partial charge in [0.05, 0.1) is 0 Å². The van der Waals surface area contributed by atoms with Gasteiger partial charge in [0.25, 0.3) is 0 Å². The number of carbonyl (C=O) groups is 1. The molecule has 1 atom stereocenters. The van der Waals surface area contributed by atoms with E-state index in [1.807, 2.05) is 0 Å². The first kappa shape index (κ1) is 20.1. The van der Waals surface area contributed by atoms with Crippen molar-refractivity contribution in [2.24, 2.45) is 0 Å². The van der Waals surface area contributed by atoms with Crippen LogP contribution in [0.5, 0.6) is 0 Å². The number of carboxylic acids is 1. The maximum absolute atomic E-state index is 10.4. The number of hydrogen-bond acceptors (Lipinski definition) is 3. The third-order valence-corrected chi connectivity index (χ3v) is 5.08. The first-order valence-corrected chi connectivity index (χ1v) is 8.51. The van der Waals surface area contributed by atoms with Crippen molar-refractivity contribution in [1.29, 1.82) is 0 Å². The predicted molar refractivity (Wildman–Crippen MR) is 67.9 cm³/mol. The van der Waals surface area contributed by atoms with E-state index in [4.69, 9.17) is 9.66 Å². The molecule has 17 heavy (non-hydrogen) atoms. The third-order valence-electron chi connectivity index (χ3n) is 2.39. The minimum absolute atomic E-state index is 0.0847. The zero-order valence-corrected chi connectivity index (χ0v) is 14.6. The molecule has 0 aromatic heterocycles. The van der Waals surface area contributed by atoms with Gasteiger partial charge in [-0.25, -0.2) is 4.79 Å². The minimum atomic E-state index is -3.73. The second-order valence-electron chi connectivity index (χ2n) is 4.45. The summed E-state index contributed by atoms with van der Waals surface area (Å²) in [6.45, 7) is 7.26. The molecule has 0 aromatic carbocycles. The zero-order valence-electron chi connectivity index (χ0n) is 10.6. The topological polar surface area (TPSA) is 91.7 Å². The molecular formula is C10H19KO5S. The molecule has 2 N–H and O–H groups in total. The molecule has 0 aliphatic carbocycles. The molecule has 0 bridgehead atoms. The molecule has 0 spiro atoms. The summed E-state index contributed by atoms with van der Waals surface area (Å²) in [7, 11) is -3.73. The summed E-state index contributed by atoms with van der Waals surface area (Å²) in [5.41, 5.74) is 0. The fourth-order valence-corrected chi connectivity index (χ4v) is 1.97. The Morgan fingerprint density at radius 2 is 1.94 bits per heavy atom. The van der Waals surface area contributed by atoms with E-state index in [0.29, 0.717) is 54.9 Å². The molecule has 7 heteroatoms. The monoisotopic (exact) mass is 290 g/mol. The van der Waals surface area contributed by atoms with Crippen molar-refractivity contribution < 1.29 is 22.9 Å². The van der Waals surface area contributed by atoms with E-state index in [1.165, 1.54) is 0 Å². The molecular weight excluding hydrogens is 271 g/mol. The average Bonchev–Trinajstić information content (AvgIpc) is 2.16. The summed E-state index contributed by atoms with van der Waals surface area (Å²) in [4.78, 5) is 9.25. The Labute approximate surface area is 137 Å². The Balaban J connectivity index is 0.